The Labute approximate surface area is 166 Å². The molecule has 0 saturated carbocycles. The van der Waals surface area contributed by atoms with Crippen LogP contribution in [-0.4, -0.2) is 38.9 Å². The van der Waals surface area contributed by atoms with E-state index in [4.69, 9.17) is 14.2 Å². The first-order valence-electron chi connectivity index (χ1n) is 8.59. The lowest BCUT2D eigenvalue weighted by Crippen LogP contribution is -2.46. The van der Waals surface area contributed by atoms with Crippen molar-refractivity contribution in [3.05, 3.63) is 38.5 Å². The number of hydrogen-bond acceptors (Lipinski definition) is 5. The van der Waals surface area contributed by atoms with Crippen LogP contribution in [0.25, 0.3) is 5.57 Å². The molecular formula is C20H21IO5. The Morgan fingerprint density at radius 1 is 1.23 bits per heavy atom. The lowest BCUT2D eigenvalue weighted by molar-refractivity contribution is -0.147. The summed E-state index contributed by atoms with van der Waals surface area (Å²) in [6.45, 7) is 4.75. The summed E-state index contributed by atoms with van der Waals surface area (Å²) in [5.41, 5.74) is 2.78. The quantitative estimate of drug-likeness (QED) is 0.493. The third kappa shape index (κ3) is 2.05. The van der Waals surface area contributed by atoms with E-state index in [2.05, 4.69) is 42.5 Å². The van der Waals surface area contributed by atoms with E-state index in [1.54, 1.807) is 0 Å². The summed E-state index contributed by atoms with van der Waals surface area (Å²) in [6.07, 6.45) is 0.227. The smallest absolute Gasteiger partial charge is 0.334 e. The van der Waals surface area contributed by atoms with Gasteiger partial charge in [-0.05, 0) is 57.8 Å². The van der Waals surface area contributed by atoms with Gasteiger partial charge in [0, 0.05) is 20.0 Å². The summed E-state index contributed by atoms with van der Waals surface area (Å²) < 4.78 is 17.5. The van der Waals surface area contributed by atoms with E-state index in [1.165, 1.54) is 14.2 Å². The molecule has 3 aliphatic rings. The molecule has 4 atom stereocenters. The first kappa shape index (κ1) is 18.0. The number of ether oxygens (including phenoxy) is 3. The molecule has 26 heavy (non-hydrogen) atoms. The largest absolute Gasteiger partial charge is 0.468 e. The van der Waals surface area contributed by atoms with E-state index < -0.39 is 11.3 Å². The van der Waals surface area contributed by atoms with Crippen molar-refractivity contribution in [2.24, 2.45) is 10.8 Å². The average Bonchev–Trinajstić information content (AvgIpc) is 3.02. The summed E-state index contributed by atoms with van der Waals surface area (Å²) in [4.78, 5) is 25.3. The van der Waals surface area contributed by atoms with Crippen molar-refractivity contribution in [3.8, 4) is 0 Å². The molecule has 1 aliphatic heterocycles. The third-order valence-corrected chi connectivity index (χ3v) is 7.27. The number of esters is 2. The van der Waals surface area contributed by atoms with Crippen LogP contribution in [0.15, 0.2) is 23.8 Å². The molecule has 0 amide bonds. The highest BCUT2D eigenvalue weighted by molar-refractivity contribution is 14.1. The number of fused-ring (bicyclic) bond motifs is 2. The van der Waals surface area contributed by atoms with Crippen molar-refractivity contribution in [1.29, 1.82) is 0 Å². The second-order valence-electron chi connectivity index (χ2n) is 7.75. The van der Waals surface area contributed by atoms with Gasteiger partial charge in [-0.15, -0.1) is 0 Å². The van der Waals surface area contributed by atoms with E-state index in [9.17, 15) is 9.59 Å². The molecule has 2 aliphatic carbocycles. The van der Waals surface area contributed by atoms with Gasteiger partial charge in [-0.25, -0.2) is 4.79 Å². The van der Waals surface area contributed by atoms with Gasteiger partial charge >= 0.3 is 11.9 Å². The summed E-state index contributed by atoms with van der Waals surface area (Å²) in [5.74, 6) is -1.09. The van der Waals surface area contributed by atoms with Crippen LogP contribution < -0.4 is 0 Å². The fourth-order valence-electron chi connectivity index (χ4n) is 5.13. The van der Waals surface area contributed by atoms with Gasteiger partial charge in [0.2, 0.25) is 0 Å². The zero-order valence-corrected chi connectivity index (χ0v) is 17.4. The molecule has 0 aromatic heterocycles. The average molecular weight is 468 g/mol. The van der Waals surface area contributed by atoms with Gasteiger partial charge in [0.25, 0.3) is 0 Å². The molecule has 1 aromatic carbocycles. The molecule has 1 aromatic rings. The van der Waals surface area contributed by atoms with Crippen molar-refractivity contribution in [2.45, 2.75) is 32.3 Å². The fraction of sp³-hybridized carbons (Fsp3) is 0.500. The van der Waals surface area contributed by atoms with Gasteiger partial charge < -0.3 is 14.2 Å². The van der Waals surface area contributed by atoms with Crippen LogP contribution in [0.4, 0.5) is 0 Å². The van der Waals surface area contributed by atoms with Crippen LogP contribution in [0.3, 0.4) is 0 Å². The summed E-state index contributed by atoms with van der Waals surface area (Å²) in [5, 5.41) is 0. The Morgan fingerprint density at radius 3 is 2.62 bits per heavy atom. The van der Waals surface area contributed by atoms with Crippen LogP contribution in [0.5, 0.6) is 0 Å². The van der Waals surface area contributed by atoms with Gasteiger partial charge in [-0.2, -0.15) is 0 Å². The molecule has 2 unspecified atom stereocenters. The standard InChI is InChI=1S/C20H21IO5/c1-19-8-13(17(22)24-3)15-12-7-10(21)5-6-11(12)14(18(23)25-4)16(26-9-19)20(15,19)2/h5-7,14,16H,8-9H2,1-4H3/t14?,16?,19-,20+/m1/s1. The third-order valence-electron chi connectivity index (χ3n) is 6.60. The lowest BCUT2D eigenvalue weighted by atomic mass is 9.56. The lowest BCUT2D eigenvalue weighted by Gasteiger charge is -2.45. The van der Waals surface area contributed by atoms with Gasteiger partial charge in [0.1, 0.15) is 5.92 Å². The second-order valence-corrected chi connectivity index (χ2v) is 8.99. The van der Waals surface area contributed by atoms with Crippen LogP contribution in [-0.2, 0) is 23.8 Å². The summed E-state index contributed by atoms with van der Waals surface area (Å²) in [7, 11) is 2.82. The SMILES string of the molecule is COC(=O)C1=C2c3cc(I)ccc3C(C(=O)OC)C3OC[C@@](C)(C1)[C@@]23C. The molecule has 4 rings (SSSR count). The van der Waals surface area contributed by atoms with Crippen LogP contribution in [0.2, 0.25) is 0 Å². The zero-order chi connectivity index (χ0) is 18.9. The van der Waals surface area contributed by atoms with Crippen LogP contribution in [0, 0.1) is 14.4 Å². The van der Waals surface area contributed by atoms with E-state index >= 15 is 0 Å². The van der Waals surface area contributed by atoms with Gasteiger partial charge in [0.05, 0.1) is 26.9 Å². The Balaban J connectivity index is 2.07. The van der Waals surface area contributed by atoms with Crippen molar-refractivity contribution < 1.29 is 23.8 Å². The zero-order valence-electron chi connectivity index (χ0n) is 15.2. The number of methoxy groups -OCH3 is 2. The van der Waals surface area contributed by atoms with Gasteiger partial charge in [0.15, 0.2) is 0 Å². The number of hydrogen-bond donors (Lipinski definition) is 0. The molecule has 1 saturated heterocycles. The van der Waals surface area contributed by atoms with Gasteiger partial charge in [-0.1, -0.05) is 19.9 Å². The van der Waals surface area contributed by atoms with Crippen molar-refractivity contribution in [3.63, 3.8) is 0 Å². The van der Waals surface area contributed by atoms with Crippen molar-refractivity contribution in [2.75, 3.05) is 20.8 Å². The number of halogens is 1. The highest BCUT2D eigenvalue weighted by Crippen LogP contribution is 2.69. The monoisotopic (exact) mass is 468 g/mol. The molecule has 5 nitrogen and oxygen atoms in total. The number of carbonyl (C=O) groups is 2. The molecule has 1 fully saturated rings. The minimum absolute atomic E-state index is 0.262. The van der Waals surface area contributed by atoms with Crippen LogP contribution >= 0.6 is 22.6 Å². The molecule has 0 bridgehead atoms. The topological polar surface area (TPSA) is 61.8 Å². The molecule has 1 heterocycles. The maximum Gasteiger partial charge on any atom is 0.334 e. The molecule has 0 radical (unpaired) electrons. The molecule has 0 N–H and O–H groups in total. The second kappa shape index (κ2) is 5.79. The molecule has 138 valence electrons. The predicted molar refractivity (Wildman–Crippen MR) is 103 cm³/mol. The Bertz CT molecular complexity index is 860. The Kier molecular flexibility index (Phi) is 4.00. The fourth-order valence-corrected chi connectivity index (χ4v) is 5.62. The van der Waals surface area contributed by atoms with E-state index in [-0.39, 0.29) is 23.5 Å². The highest BCUT2D eigenvalue weighted by atomic mass is 127. The number of rotatable bonds is 2. The minimum atomic E-state index is -0.500. The molecule has 6 heteroatoms. The predicted octanol–water partition coefficient (Wildman–Crippen LogP) is 3.30. The molecule has 0 spiro atoms. The summed E-state index contributed by atoms with van der Waals surface area (Å²) >= 11 is 2.26. The maximum atomic E-state index is 12.7. The minimum Gasteiger partial charge on any atom is -0.468 e. The summed E-state index contributed by atoms with van der Waals surface area (Å²) in [6, 6.07) is 5.98. The first-order valence-corrected chi connectivity index (χ1v) is 9.67. The normalized spacial score (nSPS) is 34.3. The maximum absolute atomic E-state index is 12.7. The van der Waals surface area contributed by atoms with E-state index in [1.807, 2.05) is 12.1 Å². The first-order chi connectivity index (χ1) is 12.3. The molecular weight excluding hydrogens is 447 g/mol. The Hall–Kier alpha value is -1.41. The van der Waals surface area contributed by atoms with E-state index in [0.29, 0.717) is 18.6 Å². The van der Waals surface area contributed by atoms with E-state index in [0.717, 1.165) is 20.3 Å². The highest BCUT2D eigenvalue weighted by Gasteiger charge is 2.68. The number of benzene rings is 1. The van der Waals surface area contributed by atoms with Crippen LogP contribution in [0.1, 0.15) is 37.3 Å². The number of carbonyl (C=O) groups excluding carboxylic acids is 2. The van der Waals surface area contributed by atoms with Crippen molar-refractivity contribution in [1.82, 2.24) is 0 Å². The van der Waals surface area contributed by atoms with Gasteiger partial charge in [-0.3, -0.25) is 4.79 Å². The Morgan fingerprint density at radius 2 is 1.96 bits per heavy atom. The van der Waals surface area contributed by atoms with Crippen molar-refractivity contribution >= 4 is 40.1 Å².